The molecule has 0 bridgehead atoms. The maximum Gasteiger partial charge on any atom is 0.218 e. The smallest absolute Gasteiger partial charge is 0.218 e. The summed E-state index contributed by atoms with van der Waals surface area (Å²) in [6.45, 7) is 7.30. The van der Waals surface area contributed by atoms with Gasteiger partial charge in [-0.15, -0.1) is 0 Å². The van der Waals surface area contributed by atoms with Crippen molar-refractivity contribution in [2.75, 3.05) is 20.6 Å². The van der Waals surface area contributed by atoms with Crippen molar-refractivity contribution in [2.24, 2.45) is 0 Å². The second kappa shape index (κ2) is 12.1. The van der Waals surface area contributed by atoms with Gasteiger partial charge in [0, 0.05) is 76.9 Å². The van der Waals surface area contributed by atoms with Crippen LogP contribution in [0.1, 0.15) is 53.7 Å². The molecule has 2 aromatic carbocycles. The third-order valence-corrected chi connectivity index (χ3v) is 11.2. The van der Waals surface area contributed by atoms with Crippen molar-refractivity contribution in [2.45, 2.75) is 70.2 Å². The van der Waals surface area contributed by atoms with Gasteiger partial charge in [-0.3, -0.25) is 4.98 Å². The molecule has 49 heavy (non-hydrogen) atoms. The molecule has 0 fully saturated rings. The number of halogens is 1. The lowest BCUT2D eigenvalue weighted by atomic mass is 9.96. The van der Waals surface area contributed by atoms with Crippen LogP contribution in [0.25, 0.3) is 21.8 Å². The van der Waals surface area contributed by atoms with Gasteiger partial charge in [0.25, 0.3) is 0 Å². The van der Waals surface area contributed by atoms with E-state index in [4.69, 9.17) is 11.6 Å². The Morgan fingerprint density at radius 3 is 2.16 bits per heavy atom. The van der Waals surface area contributed by atoms with E-state index in [9.17, 15) is 10.2 Å². The Morgan fingerprint density at radius 1 is 0.796 bits per heavy atom. The molecule has 8 rings (SSSR count). The van der Waals surface area contributed by atoms with Gasteiger partial charge < -0.3 is 24.2 Å². The Labute approximate surface area is 292 Å². The maximum absolute atomic E-state index is 12.0. The number of para-hydroxylation sites is 1. The van der Waals surface area contributed by atoms with Crippen molar-refractivity contribution in [1.82, 2.24) is 23.9 Å². The largest absolute Gasteiger partial charge is 0.384 e. The lowest BCUT2D eigenvalue weighted by Gasteiger charge is -2.32. The van der Waals surface area contributed by atoms with Gasteiger partial charge in [-0.1, -0.05) is 35.9 Å². The van der Waals surface area contributed by atoms with Crippen LogP contribution in [-0.2, 0) is 50.2 Å². The first-order chi connectivity index (χ1) is 23.5. The van der Waals surface area contributed by atoms with E-state index in [0.717, 1.165) is 54.6 Å². The average Bonchev–Trinajstić information content (AvgIpc) is 3.54. The van der Waals surface area contributed by atoms with Gasteiger partial charge in [-0.25, -0.2) is 4.90 Å². The monoisotopic (exact) mass is 675 g/mol. The summed E-state index contributed by atoms with van der Waals surface area (Å²) in [7, 11) is 4.32. The van der Waals surface area contributed by atoms with E-state index in [-0.39, 0.29) is 6.17 Å². The van der Waals surface area contributed by atoms with E-state index < -0.39 is 11.2 Å². The first-order valence-electron chi connectivity index (χ1n) is 17.1. The molecule has 2 N–H and O–H groups in total. The maximum atomic E-state index is 12.0. The third-order valence-electron chi connectivity index (χ3n) is 11.0. The van der Waals surface area contributed by atoms with Crippen molar-refractivity contribution in [1.29, 1.82) is 0 Å². The minimum absolute atomic E-state index is 0.101. The van der Waals surface area contributed by atoms with Crippen LogP contribution in [0.3, 0.4) is 0 Å². The van der Waals surface area contributed by atoms with E-state index in [2.05, 4.69) is 97.4 Å². The van der Waals surface area contributed by atoms with Gasteiger partial charge in [0.05, 0.1) is 25.0 Å². The molecule has 6 heterocycles. The number of aliphatic hydroxyl groups is 2. The van der Waals surface area contributed by atoms with E-state index in [0.29, 0.717) is 18.1 Å². The molecule has 8 nitrogen and oxygen atoms in total. The molecule has 0 aliphatic carbocycles. The van der Waals surface area contributed by atoms with Crippen molar-refractivity contribution in [3.63, 3.8) is 0 Å². The lowest BCUT2D eigenvalue weighted by molar-refractivity contribution is -0.744. The first-order valence-corrected chi connectivity index (χ1v) is 17.5. The number of nitrogens with zero attached hydrogens (tertiary/aromatic N) is 6. The average molecular weight is 676 g/mol. The number of aromatic nitrogens is 4. The predicted molar refractivity (Wildman–Crippen MR) is 193 cm³/mol. The molecular formula is C40H44ClN6O2+. The highest BCUT2D eigenvalue weighted by molar-refractivity contribution is 6.31. The normalized spacial score (nSPS) is 19.4. The summed E-state index contributed by atoms with van der Waals surface area (Å²) in [6.07, 6.45) is 9.60. The second-order valence-corrected chi connectivity index (χ2v) is 15.0. The molecule has 0 saturated heterocycles. The number of pyridine rings is 2. The van der Waals surface area contributed by atoms with Gasteiger partial charge in [0.2, 0.25) is 6.17 Å². The lowest BCUT2D eigenvalue weighted by Crippen LogP contribution is -2.51. The Hall–Kier alpha value is -4.05. The van der Waals surface area contributed by atoms with Gasteiger partial charge in [0.15, 0.2) is 12.4 Å². The topological polar surface area (TPSA) is 73.6 Å². The summed E-state index contributed by atoms with van der Waals surface area (Å²) in [5.74, 6) is 0. The number of hydrogen-bond donors (Lipinski definition) is 2. The highest BCUT2D eigenvalue weighted by Crippen LogP contribution is 2.38. The summed E-state index contributed by atoms with van der Waals surface area (Å²) in [5, 5.41) is 26.8. The van der Waals surface area contributed by atoms with E-state index in [1.165, 1.54) is 33.3 Å². The van der Waals surface area contributed by atoms with Crippen LogP contribution < -0.4 is 4.57 Å². The molecule has 0 amide bonds. The van der Waals surface area contributed by atoms with Crippen LogP contribution >= 0.6 is 11.6 Å². The Balaban J connectivity index is 1.08. The van der Waals surface area contributed by atoms with E-state index >= 15 is 0 Å². The molecule has 252 valence electrons. The molecular weight excluding hydrogens is 632 g/mol. The summed E-state index contributed by atoms with van der Waals surface area (Å²) in [5.41, 5.74) is 6.99. The summed E-state index contributed by atoms with van der Waals surface area (Å²) in [4.78, 5) is 8.85. The number of hydrogen-bond acceptors (Lipinski definition) is 5. The zero-order valence-electron chi connectivity index (χ0n) is 28.6. The SMILES string of the molecule is CN1CCc2c(n(CC(C)(O)c3cc[n+](C4Cc5c(n(CC(C)(O)c6ccncc6)c6ccccc56)CN4C)cc3)c3cc(Cl)ccc23)C1. The minimum Gasteiger partial charge on any atom is -0.384 e. The molecule has 6 aromatic rings. The minimum atomic E-state index is -1.10. The third kappa shape index (κ3) is 5.65. The van der Waals surface area contributed by atoms with Crippen LogP contribution in [0.15, 0.2) is 91.5 Å². The summed E-state index contributed by atoms with van der Waals surface area (Å²) >= 11 is 6.49. The zero-order valence-corrected chi connectivity index (χ0v) is 29.4. The van der Waals surface area contributed by atoms with Gasteiger partial charge in [-0.05, 0) is 86.9 Å². The number of likely N-dealkylation sites (N-methyl/N-ethyl adjacent to an activating group) is 2. The Bertz CT molecular complexity index is 2170. The second-order valence-electron chi connectivity index (χ2n) is 14.6. The van der Waals surface area contributed by atoms with E-state index in [1.54, 1.807) is 12.4 Å². The van der Waals surface area contributed by atoms with Gasteiger partial charge in [0.1, 0.15) is 11.2 Å². The number of benzene rings is 2. The molecule has 0 spiro atoms. The van der Waals surface area contributed by atoms with Gasteiger partial charge in [-0.2, -0.15) is 4.57 Å². The van der Waals surface area contributed by atoms with Crippen molar-refractivity contribution >= 4 is 33.4 Å². The molecule has 2 aliphatic rings. The Morgan fingerprint density at radius 2 is 1.43 bits per heavy atom. The predicted octanol–water partition coefficient (Wildman–Crippen LogP) is 5.92. The van der Waals surface area contributed by atoms with Gasteiger partial charge >= 0.3 is 0 Å². The summed E-state index contributed by atoms with van der Waals surface area (Å²) < 4.78 is 6.84. The van der Waals surface area contributed by atoms with E-state index in [1.807, 2.05) is 38.1 Å². The molecule has 4 aromatic heterocycles. The number of rotatable bonds is 7. The molecule has 3 atom stereocenters. The van der Waals surface area contributed by atoms with Crippen LogP contribution in [0.5, 0.6) is 0 Å². The fraction of sp³-hybridized carbons (Fsp3) is 0.350. The molecule has 2 aliphatic heterocycles. The molecule has 0 radical (unpaired) electrons. The molecule has 9 heteroatoms. The molecule has 0 saturated carbocycles. The first kappa shape index (κ1) is 32.2. The van der Waals surface area contributed by atoms with Crippen molar-refractivity contribution in [3.05, 3.63) is 130 Å². The highest BCUT2D eigenvalue weighted by Gasteiger charge is 2.37. The standard InChI is InChI=1S/C40H44ClN6O2/c1-39(48,27-11-16-42-17-12-27)25-46-34-8-6-5-7-30(34)33-22-38(44(4)24-37(33)46)45-19-13-28(14-20-45)40(2,49)26-47-35-21-29(41)9-10-31(35)32-15-18-43(3)23-36(32)47/h5-14,16-17,19-21,38,48-49H,15,18,22-26H2,1-4H3/q+1. The van der Waals surface area contributed by atoms with Crippen LogP contribution in [0, 0.1) is 0 Å². The number of fused-ring (bicyclic) bond motifs is 6. The molecule has 3 unspecified atom stereocenters. The van der Waals surface area contributed by atoms with Crippen molar-refractivity contribution < 1.29 is 14.8 Å². The fourth-order valence-electron chi connectivity index (χ4n) is 8.26. The van der Waals surface area contributed by atoms with Crippen LogP contribution in [0.2, 0.25) is 5.02 Å². The highest BCUT2D eigenvalue weighted by atomic mass is 35.5. The zero-order chi connectivity index (χ0) is 34.1. The quantitative estimate of drug-likeness (QED) is 0.206. The van der Waals surface area contributed by atoms with Crippen LogP contribution in [-0.4, -0.2) is 54.8 Å². The van der Waals surface area contributed by atoms with Crippen molar-refractivity contribution in [3.8, 4) is 0 Å². The van der Waals surface area contributed by atoms with Crippen LogP contribution in [0.4, 0.5) is 0 Å². The fourth-order valence-corrected chi connectivity index (χ4v) is 8.43. The summed E-state index contributed by atoms with van der Waals surface area (Å²) in [6, 6.07) is 22.6. The Kier molecular flexibility index (Phi) is 7.93.